The van der Waals surface area contributed by atoms with Crippen LogP contribution in [0.15, 0.2) is 0 Å². The molecule has 1 N–H and O–H groups in total. The van der Waals surface area contributed by atoms with Gasteiger partial charge in [-0.3, -0.25) is 0 Å². The van der Waals surface area contributed by atoms with Crippen molar-refractivity contribution < 1.29 is 15.0 Å². The second-order valence-corrected chi connectivity index (χ2v) is 6.24. The monoisotopic (exact) mass is 299 g/mol. The van der Waals surface area contributed by atoms with Crippen molar-refractivity contribution in [3.8, 4) is 0 Å². The van der Waals surface area contributed by atoms with E-state index in [9.17, 15) is 15.0 Å². The fraction of sp³-hybridized carbons (Fsp3) is 0.944. The Balaban J connectivity index is 3.15. The van der Waals surface area contributed by atoms with Crippen LogP contribution in [0.4, 0.5) is 0 Å². The number of hydrogen-bond donors (Lipinski definition) is 1. The first kappa shape index (κ1) is 20.4. The maximum atomic E-state index is 10.2. The molecule has 21 heavy (non-hydrogen) atoms. The Hall–Kier alpha value is -0.570. The summed E-state index contributed by atoms with van der Waals surface area (Å²) >= 11 is 0. The van der Waals surface area contributed by atoms with Crippen LogP contribution in [0.3, 0.4) is 0 Å². The zero-order valence-electron chi connectivity index (χ0n) is 13.9. The first-order valence-corrected chi connectivity index (χ1v) is 9.04. The van der Waals surface area contributed by atoms with E-state index < -0.39 is 5.97 Å². The summed E-state index contributed by atoms with van der Waals surface area (Å²) in [7, 11) is 0. The Bertz CT molecular complexity index is 229. The molecule has 3 nitrogen and oxygen atoms in total. The van der Waals surface area contributed by atoms with Gasteiger partial charge in [-0.25, -0.2) is 0 Å². The van der Waals surface area contributed by atoms with Gasteiger partial charge in [0.25, 0.3) is 0 Å². The van der Waals surface area contributed by atoms with Crippen LogP contribution in [0.2, 0.25) is 0 Å². The highest BCUT2D eigenvalue weighted by atomic mass is 16.4. The van der Waals surface area contributed by atoms with Crippen molar-refractivity contribution in [1.29, 1.82) is 0 Å². The van der Waals surface area contributed by atoms with Crippen LogP contribution in [0.1, 0.15) is 103 Å². The Morgan fingerprint density at radius 2 is 1.24 bits per heavy atom. The first-order valence-electron chi connectivity index (χ1n) is 9.04. The number of carbonyl (C=O) groups is 1. The van der Waals surface area contributed by atoms with Crippen molar-refractivity contribution in [2.24, 2.45) is 0 Å². The van der Waals surface area contributed by atoms with Crippen LogP contribution in [0.5, 0.6) is 0 Å². The predicted octanol–water partition coefficient (Wildman–Crippen LogP) is 3.97. The van der Waals surface area contributed by atoms with Crippen LogP contribution in [-0.2, 0) is 4.79 Å². The molecular weight excluding hydrogens is 264 g/mol. The molecule has 0 aliphatic heterocycles. The van der Waals surface area contributed by atoms with Crippen molar-refractivity contribution in [3.05, 3.63) is 0 Å². The van der Waals surface area contributed by atoms with E-state index in [-0.39, 0.29) is 12.5 Å². The molecule has 0 saturated carbocycles. The fourth-order valence-corrected chi connectivity index (χ4v) is 2.66. The molecule has 126 valence electrons. The highest BCUT2D eigenvalue weighted by molar-refractivity contribution is 5.63. The number of aliphatic carboxylic acids is 1. The van der Waals surface area contributed by atoms with Gasteiger partial charge in [0.1, 0.15) is 0 Å². The third-order valence-corrected chi connectivity index (χ3v) is 4.06. The molecule has 0 heterocycles. The summed E-state index contributed by atoms with van der Waals surface area (Å²) in [5, 5.41) is 20.1. The zero-order chi connectivity index (χ0) is 15.8. The van der Waals surface area contributed by atoms with Gasteiger partial charge in [-0.15, -0.1) is 0 Å². The van der Waals surface area contributed by atoms with Gasteiger partial charge in [0.15, 0.2) is 0 Å². The molecule has 0 rings (SSSR count). The maximum Gasteiger partial charge on any atom is 0.0540 e. The van der Waals surface area contributed by atoms with Crippen molar-refractivity contribution in [1.82, 2.24) is 0 Å². The molecule has 0 aromatic carbocycles. The number of hydrogen-bond acceptors (Lipinski definition) is 3. The lowest BCUT2D eigenvalue weighted by atomic mass is 10.0. The van der Waals surface area contributed by atoms with Crippen molar-refractivity contribution >= 4 is 5.97 Å². The largest absolute Gasteiger partial charge is 0.550 e. The summed E-state index contributed by atoms with van der Waals surface area (Å²) in [5.74, 6) is -0.967. The molecule has 0 aromatic rings. The highest BCUT2D eigenvalue weighted by Gasteiger charge is 2.03. The molecule has 0 spiro atoms. The molecule has 0 radical (unpaired) electrons. The summed E-state index contributed by atoms with van der Waals surface area (Å²) < 4.78 is 0. The summed E-state index contributed by atoms with van der Waals surface area (Å²) in [5.41, 5.74) is 0. The summed E-state index contributed by atoms with van der Waals surface area (Å²) in [6.07, 6.45) is 15.9. The van der Waals surface area contributed by atoms with Crippen LogP contribution in [-0.4, -0.2) is 17.2 Å². The lowest BCUT2D eigenvalue weighted by Gasteiger charge is -2.10. The topological polar surface area (TPSA) is 60.4 Å². The first-order chi connectivity index (χ1) is 10.2. The molecular formula is C18H35O3-. The number of rotatable bonds is 16. The predicted molar refractivity (Wildman–Crippen MR) is 85.9 cm³/mol. The van der Waals surface area contributed by atoms with Crippen molar-refractivity contribution in [2.75, 3.05) is 0 Å². The average Bonchev–Trinajstić information content (AvgIpc) is 2.45. The number of carbonyl (C=O) groups excluding carboxylic acids is 1. The van der Waals surface area contributed by atoms with E-state index in [1.165, 1.54) is 51.4 Å². The standard InChI is InChI=1S/C18H36O3/c1-2-3-4-5-6-7-8-9-11-14-17(19)15-12-10-13-16-18(20)21/h17,19H,2-16H2,1H3,(H,20,21)/p-1. The number of carboxylic acids is 1. The Morgan fingerprint density at radius 3 is 1.71 bits per heavy atom. The van der Waals surface area contributed by atoms with E-state index in [1.807, 2.05) is 0 Å². The van der Waals surface area contributed by atoms with Gasteiger partial charge in [-0.1, -0.05) is 77.6 Å². The number of unbranched alkanes of at least 4 members (excludes halogenated alkanes) is 10. The van der Waals surface area contributed by atoms with E-state index >= 15 is 0 Å². The Kier molecular flexibility index (Phi) is 15.4. The molecule has 0 saturated heterocycles. The molecule has 3 heteroatoms. The Labute approximate surface area is 131 Å². The fourth-order valence-electron chi connectivity index (χ4n) is 2.66. The lowest BCUT2D eigenvalue weighted by molar-refractivity contribution is -0.305. The SMILES string of the molecule is CCCCCCCCCCCC(O)CCCCCC(=O)[O-]. The molecule has 0 amide bonds. The van der Waals surface area contributed by atoms with E-state index in [0.29, 0.717) is 6.42 Å². The van der Waals surface area contributed by atoms with Gasteiger partial charge in [-0.2, -0.15) is 0 Å². The van der Waals surface area contributed by atoms with Gasteiger partial charge in [0.05, 0.1) is 6.10 Å². The van der Waals surface area contributed by atoms with Gasteiger partial charge >= 0.3 is 0 Å². The number of aliphatic hydroxyl groups excluding tert-OH is 1. The van der Waals surface area contributed by atoms with E-state index in [4.69, 9.17) is 0 Å². The minimum atomic E-state index is -0.967. The van der Waals surface area contributed by atoms with Crippen LogP contribution in [0.25, 0.3) is 0 Å². The number of aliphatic hydroxyl groups is 1. The number of carboxylic acid groups (broad SMARTS) is 1. The van der Waals surface area contributed by atoms with Gasteiger partial charge < -0.3 is 15.0 Å². The van der Waals surface area contributed by atoms with Crippen LogP contribution >= 0.6 is 0 Å². The van der Waals surface area contributed by atoms with E-state index in [0.717, 1.165) is 32.1 Å². The zero-order valence-corrected chi connectivity index (χ0v) is 13.9. The smallest absolute Gasteiger partial charge is 0.0540 e. The van der Waals surface area contributed by atoms with Crippen LogP contribution in [0, 0.1) is 0 Å². The molecule has 1 atom stereocenters. The van der Waals surface area contributed by atoms with Gasteiger partial charge in [0.2, 0.25) is 0 Å². The molecule has 0 aromatic heterocycles. The second-order valence-electron chi connectivity index (χ2n) is 6.24. The average molecular weight is 299 g/mol. The summed E-state index contributed by atoms with van der Waals surface area (Å²) in [4.78, 5) is 10.2. The molecule has 0 aliphatic rings. The molecule has 0 aliphatic carbocycles. The second kappa shape index (κ2) is 15.8. The quantitative estimate of drug-likeness (QED) is 0.439. The third kappa shape index (κ3) is 17.4. The van der Waals surface area contributed by atoms with Crippen LogP contribution < -0.4 is 5.11 Å². The van der Waals surface area contributed by atoms with Gasteiger partial charge in [-0.05, 0) is 25.7 Å². The molecule has 0 bridgehead atoms. The summed E-state index contributed by atoms with van der Waals surface area (Å²) in [6.45, 7) is 2.24. The van der Waals surface area contributed by atoms with E-state index in [1.54, 1.807) is 0 Å². The normalized spacial score (nSPS) is 12.5. The minimum Gasteiger partial charge on any atom is -0.550 e. The molecule has 0 fully saturated rings. The van der Waals surface area contributed by atoms with E-state index in [2.05, 4.69) is 6.92 Å². The van der Waals surface area contributed by atoms with Gasteiger partial charge in [0, 0.05) is 5.97 Å². The Morgan fingerprint density at radius 1 is 0.810 bits per heavy atom. The lowest BCUT2D eigenvalue weighted by Crippen LogP contribution is -2.21. The highest BCUT2D eigenvalue weighted by Crippen LogP contribution is 2.14. The summed E-state index contributed by atoms with van der Waals surface area (Å²) in [6, 6.07) is 0. The molecule has 1 unspecified atom stereocenters. The maximum absolute atomic E-state index is 10.2. The third-order valence-electron chi connectivity index (χ3n) is 4.06. The minimum absolute atomic E-state index is 0.147. The van der Waals surface area contributed by atoms with Crippen molar-refractivity contribution in [3.63, 3.8) is 0 Å². The van der Waals surface area contributed by atoms with Crippen molar-refractivity contribution in [2.45, 2.75) is 109 Å².